The number of nitrogens with two attached hydrogens (primary N) is 1. The molecule has 1 rings (SSSR count). The van der Waals surface area contributed by atoms with Crippen LogP contribution in [0.5, 0.6) is 0 Å². The molecule has 0 aromatic carbocycles. The largest absolute Gasteiger partial charge is 0.465 e. The fourth-order valence-corrected chi connectivity index (χ4v) is 1.11. The molecule has 0 aromatic rings. The number of carbonyl (C=O) groups excluding carboxylic acids is 1. The molecule has 0 saturated heterocycles. The van der Waals surface area contributed by atoms with E-state index < -0.39 is 5.54 Å². The molecule has 2 N–H and O–H groups in total. The van der Waals surface area contributed by atoms with E-state index in [0.717, 1.165) is 0 Å². The van der Waals surface area contributed by atoms with Gasteiger partial charge in [-0.05, 0) is 19.8 Å². The standard InChI is InChI=1S/C8H13NO2/c1-2-11-7(10)8(9)5-3-4-6-8/h3-4H,2,5-6,9H2,1H3. The summed E-state index contributed by atoms with van der Waals surface area (Å²) in [5, 5.41) is 0. The molecule has 0 amide bonds. The topological polar surface area (TPSA) is 52.3 Å². The average molecular weight is 155 g/mol. The molecule has 0 heterocycles. The zero-order chi connectivity index (χ0) is 8.32. The van der Waals surface area contributed by atoms with E-state index in [9.17, 15) is 4.79 Å². The molecule has 0 radical (unpaired) electrons. The van der Waals surface area contributed by atoms with Crippen molar-refractivity contribution in [3.63, 3.8) is 0 Å². The lowest BCUT2D eigenvalue weighted by Crippen LogP contribution is -2.46. The summed E-state index contributed by atoms with van der Waals surface area (Å²) in [5.41, 5.74) is 4.98. The lowest BCUT2D eigenvalue weighted by atomic mass is 9.99. The second-order valence-corrected chi connectivity index (χ2v) is 2.76. The lowest BCUT2D eigenvalue weighted by molar-refractivity contribution is -0.149. The van der Waals surface area contributed by atoms with Gasteiger partial charge in [0.15, 0.2) is 0 Å². The van der Waals surface area contributed by atoms with Gasteiger partial charge in [0.1, 0.15) is 5.54 Å². The Morgan fingerprint density at radius 1 is 1.64 bits per heavy atom. The molecule has 0 saturated carbocycles. The first kappa shape index (κ1) is 8.27. The van der Waals surface area contributed by atoms with Crippen molar-refractivity contribution in [1.82, 2.24) is 0 Å². The molecule has 3 nitrogen and oxygen atoms in total. The van der Waals surface area contributed by atoms with Gasteiger partial charge in [0.05, 0.1) is 6.61 Å². The molecule has 0 aromatic heterocycles. The highest BCUT2D eigenvalue weighted by atomic mass is 16.5. The maximum absolute atomic E-state index is 11.2. The van der Waals surface area contributed by atoms with Gasteiger partial charge in [0.25, 0.3) is 0 Å². The number of carbonyl (C=O) groups is 1. The first-order chi connectivity index (χ1) is 5.19. The van der Waals surface area contributed by atoms with Gasteiger partial charge in [-0.1, -0.05) is 12.2 Å². The first-order valence-electron chi connectivity index (χ1n) is 3.80. The molecular weight excluding hydrogens is 142 g/mol. The van der Waals surface area contributed by atoms with E-state index >= 15 is 0 Å². The second-order valence-electron chi connectivity index (χ2n) is 2.76. The van der Waals surface area contributed by atoms with E-state index in [0.29, 0.717) is 19.4 Å². The number of ether oxygens (including phenoxy) is 1. The predicted molar refractivity (Wildman–Crippen MR) is 41.9 cm³/mol. The van der Waals surface area contributed by atoms with Crippen LogP contribution in [0.4, 0.5) is 0 Å². The normalized spacial score (nSPS) is 20.2. The van der Waals surface area contributed by atoms with E-state index in [4.69, 9.17) is 10.5 Å². The molecule has 1 aliphatic rings. The summed E-state index contributed by atoms with van der Waals surface area (Å²) < 4.78 is 4.82. The van der Waals surface area contributed by atoms with Crippen LogP contribution in [0, 0.1) is 0 Å². The van der Waals surface area contributed by atoms with Crippen LogP contribution >= 0.6 is 0 Å². The van der Waals surface area contributed by atoms with Gasteiger partial charge in [0.2, 0.25) is 0 Å². The molecule has 3 heteroatoms. The van der Waals surface area contributed by atoms with Crippen LogP contribution < -0.4 is 5.73 Å². The second kappa shape index (κ2) is 3.05. The Morgan fingerprint density at radius 3 is 2.64 bits per heavy atom. The Kier molecular flexibility index (Phi) is 2.29. The number of rotatable bonds is 2. The van der Waals surface area contributed by atoms with Crippen molar-refractivity contribution in [1.29, 1.82) is 0 Å². The van der Waals surface area contributed by atoms with E-state index in [1.54, 1.807) is 6.92 Å². The molecule has 0 fully saturated rings. The van der Waals surface area contributed by atoms with Gasteiger partial charge < -0.3 is 10.5 Å². The van der Waals surface area contributed by atoms with Crippen LogP contribution in [-0.2, 0) is 9.53 Å². The van der Waals surface area contributed by atoms with Crippen LogP contribution in [-0.4, -0.2) is 18.1 Å². The van der Waals surface area contributed by atoms with Crippen LogP contribution in [0.15, 0.2) is 12.2 Å². The quantitative estimate of drug-likeness (QED) is 0.469. The third-order valence-corrected chi connectivity index (χ3v) is 1.81. The van der Waals surface area contributed by atoms with Gasteiger partial charge in [-0.2, -0.15) is 0 Å². The van der Waals surface area contributed by atoms with Gasteiger partial charge in [-0.15, -0.1) is 0 Å². The van der Waals surface area contributed by atoms with Crippen LogP contribution in [0.1, 0.15) is 19.8 Å². The Labute approximate surface area is 66.2 Å². The monoisotopic (exact) mass is 155 g/mol. The summed E-state index contributed by atoms with van der Waals surface area (Å²) in [6.07, 6.45) is 5.03. The maximum atomic E-state index is 11.2. The minimum atomic E-state index is -0.768. The van der Waals surface area contributed by atoms with Gasteiger partial charge in [-0.3, -0.25) is 4.79 Å². The molecule has 62 valence electrons. The van der Waals surface area contributed by atoms with E-state index in [1.165, 1.54) is 0 Å². The zero-order valence-corrected chi connectivity index (χ0v) is 6.67. The molecule has 0 spiro atoms. The highest BCUT2D eigenvalue weighted by molar-refractivity contribution is 5.81. The predicted octanol–water partition coefficient (Wildman–Crippen LogP) is 0.597. The van der Waals surface area contributed by atoms with Gasteiger partial charge in [0, 0.05) is 0 Å². The third-order valence-electron chi connectivity index (χ3n) is 1.81. The average Bonchev–Trinajstić information content (AvgIpc) is 2.38. The molecule has 0 unspecified atom stereocenters. The van der Waals surface area contributed by atoms with Crippen molar-refractivity contribution in [2.75, 3.05) is 6.61 Å². The highest BCUT2D eigenvalue weighted by Crippen LogP contribution is 2.21. The SMILES string of the molecule is CCOC(=O)C1(N)CC=CC1. The summed E-state index contributed by atoms with van der Waals surface area (Å²) in [5.74, 6) is -0.287. The van der Waals surface area contributed by atoms with Crippen LogP contribution in [0.3, 0.4) is 0 Å². The Morgan fingerprint density at radius 2 is 2.18 bits per heavy atom. The van der Waals surface area contributed by atoms with Crippen molar-refractivity contribution in [3.8, 4) is 0 Å². The van der Waals surface area contributed by atoms with E-state index in [2.05, 4.69) is 0 Å². The summed E-state index contributed by atoms with van der Waals surface area (Å²) in [6, 6.07) is 0. The number of hydrogen-bond donors (Lipinski definition) is 1. The number of hydrogen-bond acceptors (Lipinski definition) is 3. The summed E-state index contributed by atoms with van der Waals surface area (Å²) >= 11 is 0. The summed E-state index contributed by atoms with van der Waals surface area (Å²) in [7, 11) is 0. The van der Waals surface area contributed by atoms with Crippen LogP contribution in [0.25, 0.3) is 0 Å². The Balaban J connectivity index is 2.51. The first-order valence-corrected chi connectivity index (χ1v) is 3.80. The summed E-state index contributed by atoms with van der Waals surface area (Å²) in [6.45, 7) is 2.18. The van der Waals surface area contributed by atoms with Gasteiger partial charge in [-0.25, -0.2) is 0 Å². The zero-order valence-electron chi connectivity index (χ0n) is 6.67. The lowest BCUT2D eigenvalue weighted by Gasteiger charge is -2.20. The van der Waals surface area contributed by atoms with Gasteiger partial charge >= 0.3 is 5.97 Å². The Bertz CT molecular complexity index is 179. The van der Waals surface area contributed by atoms with Crippen molar-refractivity contribution in [2.24, 2.45) is 5.73 Å². The van der Waals surface area contributed by atoms with Crippen molar-refractivity contribution < 1.29 is 9.53 Å². The van der Waals surface area contributed by atoms with Crippen molar-refractivity contribution in [3.05, 3.63) is 12.2 Å². The van der Waals surface area contributed by atoms with E-state index in [-0.39, 0.29) is 5.97 Å². The molecule has 1 aliphatic carbocycles. The van der Waals surface area contributed by atoms with Crippen molar-refractivity contribution in [2.45, 2.75) is 25.3 Å². The minimum Gasteiger partial charge on any atom is -0.465 e. The molecular formula is C8H13NO2. The summed E-state index contributed by atoms with van der Waals surface area (Å²) in [4.78, 5) is 11.2. The molecule has 0 atom stereocenters. The molecule has 0 bridgehead atoms. The fraction of sp³-hybridized carbons (Fsp3) is 0.625. The van der Waals surface area contributed by atoms with E-state index in [1.807, 2.05) is 12.2 Å². The van der Waals surface area contributed by atoms with Crippen molar-refractivity contribution >= 4 is 5.97 Å². The molecule has 11 heavy (non-hydrogen) atoms. The third kappa shape index (κ3) is 1.60. The fourth-order valence-electron chi connectivity index (χ4n) is 1.11. The number of esters is 1. The minimum absolute atomic E-state index is 0.287. The molecule has 0 aliphatic heterocycles. The smallest absolute Gasteiger partial charge is 0.326 e. The Hall–Kier alpha value is -0.830. The maximum Gasteiger partial charge on any atom is 0.326 e. The highest BCUT2D eigenvalue weighted by Gasteiger charge is 2.35. The van der Waals surface area contributed by atoms with Crippen LogP contribution in [0.2, 0.25) is 0 Å².